The largest absolute Gasteiger partial charge is 0.424 e. The van der Waals surface area contributed by atoms with Gasteiger partial charge in [0.25, 0.3) is 6.01 Å². The number of amidine groups is 1. The second kappa shape index (κ2) is 8.80. The van der Waals surface area contributed by atoms with Gasteiger partial charge in [0.05, 0.1) is 31.2 Å². The number of ether oxygens (including phenoxy) is 1. The molecule has 4 aromatic rings. The van der Waals surface area contributed by atoms with Gasteiger partial charge in [0.15, 0.2) is 11.7 Å². The van der Waals surface area contributed by atoms with Crippen LogP contribution in [-0.4, -0.2) is 65.3 Å². The van der Waals surface area contributed by atoms with Gasteiger partial charge in [-0.05, 0) is 42.1 Å². The molecule has 192 valence electrons. The predicted octanol–water partition coefficient (Wildman–Crippen LogP) is 2.66. The van der Waals surface area contributed by atoms with Gasteiger partial charge in [-0.25, -0.2) is 15.0 Å². The normalized spacial score (nSPS) is 21.2. The van der Waals surface area contributed by atoms with E-state index in [4.69, 9.17) is 30.7 Å². The highest BCUT2D eigenvalue weighted by atomic mass is 16.5. The molecular weight excluding hydrogens is 482 g/mol. The minimum absolute atomic E-state index is 0.127. The van der Waals surface area contributed by atoms with Crippen LogP contribution in [0.3, 0.4) is 0 Å². The molecule has 0 spiro atoms. The molecule has 0 bridgehead atoms. The van der Waals surface area contributed by atoms with E-state index in [1.165, 1.54) is 17.3 Å². The van der Waals surface area contributed by atoms with E-state index < -0.39 is 0 Å². The van der Waals surface area contributed by atoms with Crippen LogP contribution in [0.2, 0.25) is 0 Å². The lowest BCUT2D eigenvalue weighted by molar-refractivity contribution is 0.122. The van der Waals surface area contributed by atoms with Gasteiger partial charge < -0.3 is 25.5 Å². The zero-order chi connectivity index (χ0) is 25.8. The third-order valence-electron chi connectivity index (χ3n) is 7.31. The smallest absolute Gasteiger partial charge is 0.292 e. The molecule has 2 unspecified atom stereocenters. The SMILES string of the molecule is Cc1cccc2cc(CN3N=C(c4ccc5oc(N)nc5c4)C4C(N)=NC=NC43)nc(N3CCOCC3)c12. The van der Waals surface area contributed by atoms with E-state index in [0.717, 1.165) is 41.3 Å². The summed E-state index contributed by atoms with van der Waals surface area (Å²) in [7, 11) is 0. The van der Waals surface area contributed by atoms with Crippen molar-refractivity contribution >= 4 is 51.6 Å². The summed E-state index contributed by atoms with van der Waals surface area (Å²) in [5.41, 5.74) is 17.2. The summed E-state index contributed by atoms with van der Waals surface area (Å²) in [5, 5.41) is 9.29. The summed E-state index contributed by atoms with van der Waals surface area (Å²) in [6.45, 7) is 5.60. The molecule has 7 rings (SSSR count). The number of hydrogen-bond acceptors (Lipinski definition) is 11. The van der Waals surface area contributed by atoms with Crippen molar-refractivity contribution in [2.24, 2.45) is 26.7 Å². The molecule has 11 heteroatoms. The first-order chi connectivity index (χ1) is 18.5. The van der Waals surface area contributed by atoms with E-state index >= 15 is 0 Å². The maximum absolute atomic E-state index is 6.40. The van der Waals surface area contributed by atoms with Crippen molar-refractivity contribution in [2.45, 2.75) is 19.6 Å². The lowest BCUT2D eigenvalue weighted by atomic mass is 9.93. The van der Waals surface area contributed by atoms with Gasteiger partial charge in [-0.1, -0.05) is 18.2 Å². The molecule has 1 fully saturated rings. The lowest BCUT2D eigenvalue weighted by Gasteiger charge is -2.30. The van der Waals surface area contributed by atoms with Crippen molar-refractivity contribution in [3.63, 3.8) is 0 Å². The van der Waals surface area contributed by atoms with Crippen LogP contribution in [0.4, 0.5) is 11.8 Å². The van der Waals surface area contributed by atoms with E-state index in [1.807, 2.05) is 23.2 Å². The van der Waals surface area contributed by atoms with Gasteiger partial charge in [-0.3, -0.25) is 5.01 Å². The standard InChI is InChI=1S/C27H27N9O2/c1-15-3-2-4-16-11-18(32-26(21(15)16)35-7-9-37-10-8-35)13-36-25-22(24(28)30-14-31-25)23(34-36)17-5-6-20-19(12-17)33-27(29)38-20/h2-6,11-12,14,22,25H,7-10,13H2,1H3,(H2,29,33)(H2,28,30,31). The Morgan fingerprint density at radius 1 is 1.05 bits per heavy atom. The molecule has 1 saturated heterocycles. The molecule has 3 aliphatic heterocycles. The Labute approximate surface area is 218 Å². The van der Waals surface area contributed by atoms with Crippen molar-refractivity contribution in [2.75, 3.05) is 36.9 Å². The van der Waals surface area contributed by atoms with Gasteiger partial charge in [0, 0.05) is 24.0 Å². The first-order valence-corrected chi connectivity index (χ1v) is 12.6. The molecule has 2 atom stereocenters. The van der Waals surface area contributed by atoms with Crippen molar-refractivity contribution in [3.05, 3.63) is 59.3 Å². The van der Waals surface area contributed by atoms with Gasteiger partial charge in [-0.15, -0.1) is 0 Å². The summed E-state index contributed by atoms with van der Waals surface area (Å²) in [4.78, 5) is 20.7. The highest BCUT2D eigenvalue weighted by molar-refractivity contribution is 6.17. The van der Waals surface area contributed by atoms with Crippen LogP contribution < -0.4 is 16.4 Å². The number of benzene rings is 2. The van der Waals surface area contributed by atoms with Crippen LogP contribution in [0, 0.1) is 12.8 Å². The highest BCUT2D eigenvalue weighted by Gasteiger charge is 2.42. The number of pyridine rings is 1. The number of nitrogens with two attached hydrogens (primary N) is 2. The number of nitrogen functional groups attached to an aromatic ring is 1. The Morgan fingerprint density at radius 2 is 1.92 bits per heavy atom. The summed E-state index contributed by atoms with van der Waals surface area (Å²) in [6.07, 6.45) is 1.20. The topological polar surface area (TPSA) is 144 Å². The quantitative estimate of drug-likeness (QED) is 0.427. The Hall–Kier alpha value is -4.51. The van der Waals surface area contributed by atoms with Crippen LogP contribution in [0.5, 0.6) is 0 Å². The van der Waals surface area contributed by atoms with E-state index in [-0.39, 0.29) is 18.1 Å². The Morgan fingerprint density at radius 3 is 2.79 bits per heavy atom. The molecule has 5 heterocycles. The van der Waals surface area contributed by atoms with Crippen LogP contribution in [0.1, 0.15) is 16.8 Å². The van der Waals surface area contributed by atoms with Gasteiger partial charge in [0.2, 0.25) is 0 Å². The zero-order valence-electron chi connectivity index (χ0n) is 20.9. The summed E-state index contributed by atoms with van der Waals surface area (Å²) in [5.74, 6) is 1.17. The third kappa shape index (κ3) is 3.74. The number of fused-ring (bicyclic) bond motifs is 3. The molecule has 38 heavy (non-hydrogen) atoms. The fraction of sp³-hybridized carbons (Fsp3) is 0.296. The first kappa shape index (κ1) is 22.7. The maximum Gasteiger partial charge on any atom is 0.292 e. The van der Waals surface area contributed by atoms with Gasteiger partial charge >= 0.3 is 0 Å². The van der Waals surface area contributed by atoms with Crippen LogP contribution in [-0.2, 0) is 11.3 Å². The number of aryl methyl sites for hydroxylation is 1. The monoisotopic (exact) mass is 509 g/mol. The van der Waals surface area contributed by atoms with Crippen molar-refractivity contribution in [3.8, 4) is 0 Å². The fourth-order valence-electron chi connectivity index (χ4n) is 5.52. The first-order valence-electron chi connectivity index (χ1n) is 12.6. The number of hydrazone groups is 1. The second-order valence-electron chi connectivity index (χ2n) is 9.74. The van der Waals surface area contributed by atoms with E-state index in [9.17, 15) is 0 Å². The van der Waals surface area contributed by atoms with Crippen LogP contribution >= 0.6 is 0 Å². The number of hydrogen-bond donors (Lipinski definition) is 2. The zero-order valence-corrected chi connectivity index (χ0v) is 20.9. The molecule has 2 aromatic heterocycles. The number of anilines is 2. The molecule has 11 nitrogen and oxygen atoms in total. The van der Waals surface area contributed by atoms with E-state index in [0.29, 0.717) is 36.7 Å². The lowest BCUT2D eigenvalue weighted by Crippen LogP contribution is -2.42. The Kier molecular flexibility index (Phi) is 5.25. The van der Waals surface area contributed by atoms with Crippen molar-refractivity contribution < 1.29 is 9.15 Å². The predicted molar refractivity (Wildman–Crippen MR) is 147 cm³/mol. The maximum atomic E-state index is 6.40. The number of morpholine rings is 1. The molecule has 4 N–H and O–H groups in total. The van der Waals surface area contributed by atoms with Gasteiger partial charge in [0.1, 0.15) is 29.4 Å². The number of nitrogens with zero attached hydrogens (tertiary/aromatic N) is 7. The molecule has 3 aliphatic rings. The summed E-state index contributed by atoms with van der Waals surface area (Å²) < 4.78 is 11.0. The molecule has 0 amide bonds. The highest BCUT2D eigenvalue weighted by Crippen LogP contribution is 2.34. The third-order valence-corrected chi connectivity index (χ3v) is 7.31. The Balaban J connectivity index is 1.29. The number of rotatable bonds is 4. The van der Waals surface area contributed by atoms with Crippen LogP contribution in [0.25, 0.3) is 21.9 Å². The number of aliphatic imine (C=N–C) groups is 2. The Bertz CT molecular complexity index is 1650. The summed E-state index contributed by atoms with van der Waals surface area (Å²) in [6, 6.07) is 14.3. The molecule has 0 radical (unpaired) electrons. The second-order valence-corrected chi connectivity index (χ2v) is 9.74. The average molecular weight is 510 g/mol. The van der Waals surface area contributed by atoms with Gasteiger partial charge in [-0.2, -0.15) is 10.1 Å². The summed E-state index contributed by atoms with van der Waals surface area (Å²) >= 11 is 0. The average Bonchev–Trinajstić information content (AvgIpc) is 3.48. The fourth-order valence-corrected chi connectivity index (χ4v) is 5.52. The van der Waals surface area contributed by atoms with Crippen molar-refractivity contribution in [1.82, 2.24) is 15.0 Å². The molecule has 0 aliphatic carbocycles. The minimum Gasteiger partial charge on any atom is -0.424 e. The molecule has 0 saturated carbocycles. The van der Waals surface area contributed by atoms with E-state index in [2.05, 4.69) is 51.1 Å². The molecule has 2 aromatic carbocycles. The van der Waals surface area contributed by atoms with Crippen molar-refractivity contribution in [1.29, 1.82) is 0 Å². The van der Waals surface area contributed by atoms with E-state index in [1.54, 1.807) is 0 Å². The number of aromatic nitrogens is 2. The molecular formula is C27H27N9O2. The minimum atomic E-state index is -0.317. The van der Waals surface area contributed by atoms with Crippen LogP contribution in [0.15, 0.2) is 62.0 Å². The number of oxazole rings is 1.